The number of benzene rings is 2. The smallest absolute Gasteiger partial charge is 0.275 e. The maximum absolute atomic E-state index is 13.2. The van der Waals surface area contributed by atoms with Crippen molar-refractivity contribution < 1.29 is 14.4 Å². The zero-order valence-electron chi connectivity index (χ0n) is 10.1. The largest absolute Gasteiger partial charge is 0.505 e. The van der Waals surface area contributed by atoms with E-state index < -0.39 is 16.5 Å². The first-order valence-electron chi connectivity index (χ1n) is 5.62. The lowest BCUT2D eigenvalue weighted by atomic mass is 10.1. The molecule has 0 unspecified atom stereocenters. The van der Waals surface area contributed by atoms with E-state index in [9.17, 15) is 14.5 Å². The standard InChI is InChI=1S/C13H10BrFN2O3/c14-9-2-1-8(12(5-9)17(19)20)7-16-10-3-4-13(18)11(15)6-10/h1-6,16,18H,7H2. The summed E-state index contributed by atoms with van der Waals surface area (Å²) in [5, 5.41) is 22.9. The van der Waals surface area contributed by atoms with Gasteiger partial charge in [-0.05, 0) is 24.3 Å². The normalized spacial score (nSPS) is 10.3. The first kappa shape index (κ1) is 14.3. The van der Waals surface area contributed by atoms with E-state index in [1.807, 2.05) is 0 Å². The summed E-state index contributed by atoms with van der Waals surface area (Å²) in [6.45, 7) is 0.174. The van der Waals surface area contributed by atoms with Gasteiger partial charge in [0.05, 0.1) is 4.92 Å². The number of nitro groups is 1. The summed E-state index contributed by atoms with van der Waals surface area (Å²) in [6, 6.07) is 8.55. The van der Waals surface area contributed by atoms with Crippen LogP contribution >= 0.6 is 15.9 Å². The lowest BCUT2D eigenvalue weighted by Crippen LogP contribution is -2.03. The number of hydrogen-bond acceptors (Lipinski definition) is 4. The number of hydrogen-bond donors (Lipinski definition) is 2. The Hall–Kier alpha value is -2.15. The van der Waals surface area contributed by atoms with Gasteiger partial charge in [0.25, 0.3) is 5.69 Å². The maximum atomic E-state index is 13.2. The maximum Gasteiger partial charge on any atom is 0.275 e. The summed E-state index contributed by atoms with van der Waals surface area (Å²) in [7, 11) is 0. The molecule has 0 aromatic heterocycles. The van der Waals surface area contributed by atoms with Gasteiger partial charge >= 0.3 is 0 Å². The van der Waals surface area contributed by atoms with Crippen LogP contribution in [0.15, 0.2) is 40.9 Å². The van der Waals surface area contributed by atoms with E-state index in [1.165, 1.54) is 18.2 Å². The third-order valence-electron chi connectivity index (χ3n) is 2.67. The van der Waals surface area contributed by atoms with Crippen molar-refractivity contribution in [3.05, 3.63) is 62.4 Å². The number of aromatic hydroxyl groups is 1. The summed E-state index contributed by atoms with van der Waals surface area (Å²) < 4.78 is 13.8. The van der Waals surface area contributed by atoms with Gasteiger partial charge in [0, 0.05) is 34.4 Å². The van der Waals surface area contributed by atoms with Crippen molar-refractivity contribution in [1.82, 2.24) is 0 Å². The minimum absolute atomic E-state index is 0.0221. The molecule has 0 aliphatic rings. The van der Waals surface area contributed by atoms with E-state index in [1.54, 1.807) is 12.1 Å². The Morgan fingerprint density at radius 1 is 1.30 bits per heavy atom. The molecule has 0 fully saturated rings. The molecule has 5 nitrogen and oxygen atoms in total. The summed E-state index contributed by atoms with van der Waals surface area (Å²) >= 11 is 3.18. The van der Waals surface area contributed by atoms with Crippen molar-refractivity contribution in [2.75, 3.05) is 5.32 Å². The van der Waals surface area contributed by atoms with Crippen molar-refractivity contribution in [1.29, 1.82) is 0 Å². The van der Waals surface area contributed by atoms with Gasteiger partial charge in [-0.1, -0.05) is 15.9 Å². The first-order valence-corrected chi connectivity index (χ1v) is 6.42. The fourth-order valence-corrected chi connectivity index (χ4v) is 2.02. The Balaban J connectivity index is 2.18. The summed E-state index contributed by atoms with van der Waals surface area (Å²) in [5.41, 5.74) is 0.885. The molecular formula is C13H10BrFN2O3. The van der Waals surface area contributed by atoms with Crippen LogP contribution in [-0.4, -0.2) is 10.0 Å². The molecule has 2 rings (SSSR count). The molecule has 7 heteroatoms. The molecule has 0 aliphatic heterocycles. The molecule has 2 aromatic rings. The zero-order valence-corrected chi connectivity index (χ0v) is 11.7. The van der Waals surface area contributed by atoms with Gasteiger partial charge in [-0.25, -0.2) is 4.39 Å². The van der Waals surface area contributed by atoms with Gasteiger partial charge in [0.15, 0.2) is 11.6 Å². The first-order chi connectivity index (χ1) is 9.47. The number of halogens is 2. The topological polar surface area (TPSA) is 75.4 Å². The van der Waals surface area contributed by atoms with Crippen LogP contribution in [0.25, 0.3) is 0 Å². The molecule has 0 saturated carbocycles. The van der Waals surface area contributed by atoms with Crippen LogP contribution in [0.3, 0.4) is 0 Å². The monoisotopic (exact) mass is 340 g/mol. The highest BCUT2D eigenvalue weighted by Gasteiger charge is 2.13. The van der Waals surface area contributed by atoms with Crippen LogP contribution in [0, 0.1) is 15.9 Å². The highest BCUT2D eigenvalue weighted by Crippen LogP contribution is 2.25. The van der Waals surface area contributed by atoms with Crippen LogP contribution in [0.2, 0.25) is 0 Å². The van der Waals surface area contributed by atoms with Crippen LogP contribution in [0.1, 0.15) is 5.56 Å². The molecule has 2 aromatic carbocycles. The van der Waals surface area contributed by atoms with Gasteiger partial charge in [-0.3, -0.25) is 10.1 Å². The van der Waals surface area contributed by atoms with E-state index in [4.69, 9.17) is 5.11 Å². The molecule has 20 heavy (non-hydrogen) atoms. The summed E-state index contributed by atoms with van der Waals surface area (Å²) in [4.78, 5) is 10.5. The fourth-order valence-electron chi connectivity index (χ4n) is 1.67. The van der Waals surface area contributed by atoms with Crippen molar-refractivity contribution in [3.63, 3.8) is 0 Å². The minimum atomic E-state index is -0.750. The van der Waals surface area contributed by atoms with Crippen molar-refractivity contribution in [2.45, 2.75) is 6.54 Å². The highest BCUT2D eigenvalue weighted by atomic mass is 79.9. The molecular weight excluding hydrogens is 331 g/mol. The van der Waals surface area contributed by atoms with Crippen LogP contribution in [0.4, 0.5) is 15.8 Å². The predicted molar refractivity (Wildman–Crippen MR) is 76.2 cm³/mol. The molecule has 0 aliphatic carbocycles. The Labute approximate surface area is 122 Å². The van der Waals surface area contributed by atoms with Crippen molar-refractivity contribution in [2.24, 2.45) is 0 Å². The number of phenols is 1. The average molecular weight is 341 g/mol. The number of nitrogens with one attached hydrogen (secondary N) is 1. The van der Waals surface area contributed by atoms with Crippen LogP contribution in [-0.2, 0) is 6.54 Å². The Morgan fingerprint density at radius 3 is 2.70 bits per heavy atom. The molecule has 0 radical (unpaired) electrons. The molecule has 104 valence electrons. The Morgan fingerprint density at radius 2 is 2.05 bits per heavy atom. The predicted octanol–water partition coefficient (Wildman–Crippen LogP) is 3.81. The van der Waals surface area contributed by atoms with E-state index in [2.05, 4.69) is 21.2 Å². The van der Waals surface area contributed by atoms with E-state index in [0.717, 1.165) is 6.07 Å². The second-order valence-corrected chi connectivity index (χ2v) is 4.97. The van der Waals surface area contributed by atoms with Crippen molar-refractivity contribution >= 4 is 27.3 Å². The Kier molecular flexibility index (Phi) is 4.19. The van der Waals surface area contributed by atoms with Gasteiger partial charge in [-0.2, -0.15) is 0 Å². The number of nitrogens with zero attached hydrogens (tertiary/aromatic N) is 1. The molecule has 2 N–H and O–H groups in total. The zero-order chi connectivity index (χ0) is 14.7. The summed E-state index contributed by atoms with van der Waals surface area (Å²) in [5.74, 6) is -1.19. The molecule has 0 saturated heterocycles. The van der Waals surface area contributed by atoms with E-state index >= 15 is 0 Å². The summed E-state index contributed by atoms with van der Waals surface area (Å²) in [6.07, 6.45) is 0. The minimum Gasteiger partial charge on any atom is -0.505 e. The van der Waals surface area contributed by atoms with E-state index in [-0.39, 0.29) is 12.2 Å². The molecule has 0 bridgehead atoms. The highest BCUT2D eigenvalue weighted by molar-refractivity contribution is 9.10. The van der Waals surface area contributed by atoms with Gasteiger partial charge in [0.1, 0.15) is 0 Å². The van der Waals surface area contributed by atoms with E-state index in [0.29, 0.717) is 15.7 Å². The number of phenolic OH excluding ortho intramolecular Hbond substituents is 1. The fraction of sp³-hybridized carbons (Fsp3) is 0.0769. The number of anilines is 1. The lowest BCUT2D eigenvalue weighted by molar-refractivity contribution is -0.385. The molecule has 0 spiro atoms. The second-order valence-electron chi connectivity index (χ2n) is 4.05. The molecule has 0 atom stereocenters. The SMILES string of the molecule is O=[N+]([O-])c1cc(Br)ccc1CNc1ccc(O)c(F)c1. The lowest BCUT2D eigenvalue weighted by Gasteiger charge is -2.08. The van der Waals surface area contributed by atoms with Crippen LogP contribution < -0.4 is 5.32 Å². The number of nitro benzene ring substituents is 1. The second kappa shape index (κ2) is 5.87. The molecule has 0 amide bonds. The van der Waals surface area contributed by atoms with Gasteiger partial charge in [0.2, 0.25) is 0 Å². The van der Waals surface area contributed by atoms with Crippen LogP contribution in [0.5, 0.6) is 5.75 Å². The van der Waals surface area contributed by atoms with Gasteiger partial charge in [-0.15, -0.1) is 0 Å². The Bertz CT molecular complexity index is 664. The average Bonchev–Trinajstić information content (AvgIpc) is 2.41. The number of rotatable bonds is 4. The third-order valence-corrected chi connectivity index (χ3v) is 3.17. The quantitative estimate of drug-likeness (QED) is 0.504. The third kappa shape index (κ3) is 3.24. The van der Waals surface area contributed by atoms with Crippen molar-refractivity contribution in [3.8, 4) is 5.75 Å². The molecule has 0 heterocycles. The van der Waals surface area contributed by atoms with Gasteiger partial charge < -0.3 is 10.4 Å².